The van der Waals surface area contributed by atoms with Gasteiger partial charge in [0.25, 0.3) is 5.91 Å². The number of benzene rings is 2. The number of aromatic nitrogens is 3. The quantitative estimate of drug-likeness (QED) is 0.412. The van der Waals surface area contributed by atoms with E-state index in [1.54, 1.807) is 36.4 Å². The molecule has 0 bridgehead atoms. The number of ether oxygens (including phenoxy) is 1. The number of aryl methyl sites for hydroxylation is 1. The Morgan fingerprint density at radius 2 is 1.69 bits per heavy atom. The van der Waals surface area contributed by atoms with Gasteiger partial charge in [-0.3, -0.25) is 9.78 Å². The first-order chi connectivity index (χ1) is 15.6. The summed E-state index contributed by atoms with van der Waals surface area (Å²) in [6, 6.07) is 17.4. The molecule has 0 fully saturated rings. The van der Waals surface area contributed by atoms with Gasteiger partial charge in [-0.15, -0.1) is 0 Å². The number of pyridine rings is 1. The molecule has 0 atom stereocenters. The summed E-state index contributed by atoms with van der Waals surface area (Å²) in [5.41, 5.74) is 3.24. The van der Waals surface area contributed by atoms with Crippen molar-refractivity contribution in [3.8, 4) is 5.75 Å². The van der Waals surface area contributed by atoms with Crippen molar-refractivity contribution in [3.63, 3.8) is 0 Å². The molecule has 0 radical (unpaired) electrons. The van der Waals surface area contributed by atoms with Crippen LogP contribution in [0, 0.1) is 12.7 Å². The number of hydrogen-bond donors (Lipinski definition) is 0. The largest absolute Gasteiger partial charge is 0.489 e. The summed E-state index contributed by atoms with van der Waals surface area (Å²) >= 11 is 0. The van der Waals surface area contributed by atoms with E-state index in [0.29, 0.717) is 24.5 Å². The molecule has 2 aromatic heterocycles. The van der Waals surface area contributed by atoms with Crippen LogP contribution in [0.15, 0.2) is 77.7 Å². The molecule has 32 heavy (non-hydrogen) atoms. The summed E-state index contributed by atoms with van der Waals surface area (Å²) in [5, 5.41) is 7.47. The summed E-state index contributed by atoms with van der Waals surface area (Å²) in [4.78, 5) is 18.8. The second kappa shape index (κ2) is 9.82. The van der Waals surface area contributed by atoms with Crippen LogP contribution in [0.1, 0.15) is 32.9 Å². The Bertz CT molecular complexity index is 1180. The fraction of sp³-hybridized carbons (Fsp3) is 0.167. The Morgan fingerprint density at radius 1 is 0.969 bits per heavy atom. The van der Waals surface area contributed by atoms with E-state index in [-0.39, 0.29) is 24.0 Å². The molecule has 4 aromatic rings. The van der Waals surface area contributed by atoms with Crippen LogP contribution < -0.4 is 4.74 Å². The lowest BCUT2D eigenvalue weighted by Gasteiger charge is -2.22. The number of carbonyl (C=O) groups is 1. The normalized spacial score (nSPS) is 10.7. The van der Waals surface area contributed by atoms with Crippen LogP contribution in [-0.2, 0) is 19.7 Å². The van der Waals surface area contributed by atoms with Crippen LogP contribution in [0.3, 0.4) is 0 Å². The number of hydrogen-bond acceptors (Lipinski definition) is 6. The molecular formula is C24H21FN4O3. The van der Waals surface area contributed by atoms with E-state index >= 15 is 0 Å². The van der Waals surface area contributed by atoms with E-state index < -0.39 is 0 Å². The van der Waals surface area contributed by atoms with E-state index in [9.17, 15) is 9.18 Å². The lowest BCUT2D eigenvalue weighted by molar-refractivity contribution is 0.0718. The fourth-order valence-corrected chi connectivity index (χ4v) is 3.19. The van der Waals surface area contributed by atoms with Crippen LogP contribution in [0.2, 0.25) is 0 Å². The smallest absolute Gasteiger partial charge is 0.278 e. The molecule has 2 aromatic carbocycles. The van der Waals surface area contributed by atoms with E-state index in [2.05, 4.69) is 15.3 Å². The number of amides is 1. The average molecular weight is 432 g/mol. The zero-order valence-corrected chi connectivity index (χ0v) is 17.4. The second-order valence-corrected chi connectivity index (χ2v) is 7.28. The van der Waals surface area contributed by atoms with Crippen LogP contribution in [-0.4, -0.2) is 26.1 Å². The highest BCUT2D eigenvalue weighted by molar-refractivity contribution is 5.93. The first-order valence-electron chi connectivity index (χ1n) is 10.0. The van der Waals surface area contributed by atoms with E-state index in [0.717, 1.165) is 16.7 Å². The molecule has 1 amide bonds. The maximum Gasteiger partial charge on any atom is 0.278 e. The maximum atomic E-state index is 13.3. The van der Waals surface area contributed by atoms with Crippen molar-refractivity contribution in [1.82, 2.24) is 20.2 Å². The van der Waals surface area contributed by atoms with Gasteiger partial charge in [-0.05, 0) is 65.2 Å². The summed E-state index contributed by atoms with van der Waals surface area (Å²) in [7, 11) is 0. The first kappa shape index (κ1) is 21.2. The minimum absolute atomic E-state index is 0.189. The van der Waals surface area contributed by atoms with Crippen LogP contribution in [0.5, 0.6) is 5.75 Å². The monoisotopic (exact) mass is 432 g/mol. The highest BCUT2D eigenvalue weighted by atomic mass is 19.1. The van der Waals surface area contributed by atoms with Crippen LogP contribution in [0.25, 0.3) is 0 Å². The Morgan fingerprint density at radius 3 is 2.34 bits per heavy atom. The van der Waals surface area contributed by atoms with Crippen molar-refractivity contribution in [2.24, 2.45) is 0 Å². The lowest BCUT2D eigenvalue weighted by atomic mass is 10.1. The average Bonchev–Trinajstić information content (AvgIpc) is 3.24. The van der Waals surface area contributed by atoms with Gasteiger partial charge in [-0.1, -0.05) is 29.4 Å². The fourth-order valence-electron chi connectivity index (χ4n) is 3.19. The van der Waals surface area contributed by atoms with Gasteiger partial charge in [-0.2, -0.15) is 0 Å². The van der Waals surface area contributed by atoms with Crippen molar-refractivity contribution >= 4 is 5.91 Å². The Hall–Kier alpha value is -4.07. The highest BCUT2D eigenvalue weighted by Crippen LogP contribution is 2.18. The molecule has 0 saturated carbocycles. The minimum Gasteiger partial charge on any atom is -0.489 e. The number of nitrogens with zero attached hydrogens (tertiary/aromatic N) is 4. The zero-order valence-electron chi connectivity index (χ0n) is 17.4. The molecule has 0 aliphatic carbocycles. The van der Waals surface area contributed by atoms with E-state index in [1.165, 1.54) is 12.1 Å². The van der Waals surface area contributed by atoms with Gasteiger partial charge in [0.2, 0.25) is 0 Å². The summed E-state index contributed by atoms with van der Waals surface area (Å²) in [5.74, 6) is 0.0894. The number of rotatable bonds is 8. The molecule has 4 rings (SSSR count). The van der Waals surface area contributed by atoms with Crippen LogP contribution in [0.4, 0.5) is 4.39 Å². The summed E-state index contributed by atoms with van der Waals surface area (Å²) in [6.45, 7) is 2.68. The van der Waals surface area contributed by atoms with E-state index in [1.807, 2.05) is 36.4 Å². The summed E-state index contributed by atoms with van der Waals surface area (Å²) in [6.07, 6.45) is 3.37. The zero-order chi connectivity index (χ0) is 22.3. The molecule has 162 valence electrons. The lowest BCUT2D eigenvalue weighted by Crippen LogP contribution is -2.31. The third kappa shape index (κ3) is 5.34. The number of halogens is 1. The SMILES string of the molecule is Cc1nonc1C(=O)N(Cc1ccncc1)Cc1ccc(OCc2cccc(F)c2)cc1. The molecule has 7 nitrogen and oxygen atoms in total. The predicted octanol–water partition coefficient (Wildman–Crippen LogP) is 4.33. The molecule has 0 aliphatic rings. The van der Waals surface area contributed by atoms with Crippen molar-refractivity contribution in [1.29, 1.82) is 0 Å². The maximum absolute atomic E-state index is 13.3. The van der Waals surface area contributed by atoms with Gasteiger partial charge in [0, 0.05) is 25.5 Å². The molecule has 8 heteroatoms. The van der Waals surface area contributed by atoms with Crippen molar-refractivity contribution < 1.29 is 18.6 Å². The molecule has 0 spiro atoms. The minimum atomic E-state index is -0.294. The second-order valence-electron chi connectivity index (χ2n) is 7.28. The number of carbonyl (C=O) groups excluding carboxylic acids is 1. The Kier molecular flexibility index (Phi) is 6.50. The van der Waals surface area contributed by atoms with Gasteiger partial charge in [-0.25, -0.2) is 9.02 Å². The van der Waals surface area contributed by atoms with Crippen molar-refractivity contribution in [2.75, 3.05) is 0 Å². The van der Waals surface area contributed by atoms with Crippen molar-refractivity contribution in [2.45, 2.75) is 26.6 Å². The highest BCUT2D eigenvalue weighted by Gasteiger charge is 2.22. The molecule has 0 N–H and O–H groups in total. The summed E-state index contributed by atoms with van der Waals surface area (Å²) < 4.78 is 23.8. The van der Waals surface area contributed by atoms with Gasteiger partial charge < -0.3 is 9.64 Å². The van der Waals surface area contributed by atoms with Gasteiger partial charge >= 0.3 is 0 Å². The van der Waals surface area contributed by atoms with Gasteiger partial charge in [0.15, 0.2) is 5.69 Å². The van der Waals surface area contributed by atoms with Crippen molar-refractivity contribution in [3.05, 3.63) is 107 Å². The molecule has 2 heterocycles. The Balaban J connectivity index is 1.46. The van der Waals surface area contributed by atoms with Gasteiger partial charge in [0.1, 0.15) is 23.9 Å². The molecular weight excluding hydrogens is 411 g/mol. The van der Waals surface area contributed by atoms with E-state index in [4.69, 9.17) is 9.37 Å². The van der Waals surface area contributed by atoms with Gasteiger partial charge in [0.05, 0.1) is 0 Å². The molecule has 0 aliphatic heterocycles. The molecule has 0 saturated heterocycles. The molecule has 0 unspecified atom stereocenters. The topological polar surface area (TPSA) is 81.4 Å². The first-order valence-corrected chi connectivity index (χ1v) is 10.0. The Labute approximate surface area is 184 Å². The third-order valence-corrected chi connectivity index (χ3v) is 4.86. The standard InChI is InChI=1S/C24H21FN4O3/c1-17-23(28-32-27-17)24(30)29(15-19-9-11-26-12-10-19)14-18-5-7-22(8-6-18)31-16-20-3-2-4-21(25)13-20/h2-13H,14-16H2,1H3. The van der Waals surface area contributed by atoms with Crippen LogP contribution >= 0.6 is 0 Å². The third-order valence-electron chi connectivity index (χ3n) is 4.86. The predicted molar refractivity (Wildman–Crippen MR) is 114 cm³/mol.